The van der Waals surface area contributed by atoms with Gasteiger partial charge < -0.3 is 14.2 Å². The molecule has 78 heavy (non-hydrogen) atoms. The molecule has 0 aromatic heterocycles. The SMILES string of the molecule is CCCCCCC/C=C\C/C=C\CCCCCCCCCCCCCCCC(=O)OCC(COC(=O)CCCCCCCCC/C=C\CCCCCCCC)OC(=O)CCCCCCCCC/C=C\CCCCCCCCC. The molecule has 0 aromatic rings. The van der Waals surface area contributed by atoms with Crippen LogP contribution in [0.4, 0.5) is 0 Å². The minimum absolute atomic E-state index is 0.0735. The van der Waals surface area contributed by atoms with E-state index in [0.29, 0.717) is 19.3 Å². The minimum Gasteiger partial charge on any atom is -0.462 e. The zero-order chi connectivity index (χ0) is 56.4. The molecule has 0 fully saturated rings. The Labute approximate surface area is 486 Å². The molecule has 0 radical (unpaired) electrons. The van der Waals surface area contributed by atoms with Gasteiger partial charge in [0.25, 0.3) is 0 Å². The Balaban J connectivity index is 4.31. The highest BCUT2D eigenvalue weighted by molar-refractivity contribution is 5.71. The van der Waals surface area contributed by atoms with Crippen LogP contribution in [-0.4, -0.2) is 37.2 Å². The van der Waals surface area contributed by atoms with E-state index in [0.717, 1.165) is 64.2 Å². The number of hydrogen-bond acceptors (Lipinski definition) is 6. The van der Waals surface area contributed by atoms with E-state index in [4.69, 9.17) is 14.2 Å². The summed E-state index contributed by atoms with van der Waals surface area (Å²) >= 11 is 0. The maximum absolute atomic E-state index is 12.9. The van der Waals surface area contributed by atoms with Crippen LogP contribution in [-0.2, 0) is 28.6 Å². The molecule has 0 aromatic carbocycles. The van der Waals surface area contributed by atoms with Crippen LogP contribution in [0.15, 0.2) is 48.6 Å². The van der Waals surface area contributed by atoms with Crippen LogP contribution in [0.25, 0.3) is 0 Å². The highest BCUT2D eigenvalue weighted by Gasteiger charge is 2.19. The summed E-state index contributed by atoms with van der Waals surface area (Å²) in [5.41, 5.74) is 0. The lowest BCUT2D eigenvalue weighted by molar-refractivity contribution is -0.167. The summed E-state index contributed by atoms with van der Waals surface area (Å²) in [4.78, 5) is 38.4. The summed E-state index contributed by atoms with van der Waals surface area (Å²) in [6.07, 6.45) is 84.1. The number of carbonyl (C=O) groups excluding carboxylic acids is 3. The molecule has 1 atom stereocenters. The third kappa shape index (κ3) is 64.2. The van der Waals surface area contributed by atoms with Gasteiger partial charge in [-0.1, -0.05) is 301 Å². The zero-order valence-electron chi connectivity index (χ0n) is 52.5. The maximum atomic E-state index is 12.9. The number of carbonyl (C=O) groups is 3. The van der Waals surface area contributed by atoms with Crippen LogP contribution >= 0.6 is 0 Å². The normalized spacial score (nSPS) is 12.3. The monoisotopic (exact) mass is 1090 g/mol. The van der Waals surface area contributed by atoms with Crippen molar-refractivity contribution in [3.8, 4) is 0 Å². The molecule has 0 aliphatic heterocycles. The number of ether oxygens (including phenoxy) is 3. The van der Waals surface area contributed by atoms with Gasteiger partial charge in [0.2, 0.25) is 0 Å². The van der Waals surface area contributed by atoms with E-state index < -0.39 is 6.10 Å². The average Bonchev–Trinajstić information content (AvgIpc) is 3.44. The van der Waals surface area contributed by atoms with Crippen molar-refractivity contribution in [1.82, 2.24) is 0 Å². The number of allylic oxidation sites excluding steroid dienone is 8. The van der Waals surface area contributed by atoms with Gasteiger partial charge in [0.1, 0.15) is 13.2 Å². The van der Waals surface area contributed by atoms with E-state index in [1.54, 1.807) is 0 Å². The molecule has 0 N–H and O–H groups in total. The lowest BCUT2D eigenvalue weighted by Crippen LogP contribution is -2.30. The second kappa shape index (κ2) is 66.9. The molecule has 1 unspecified atom stereocenters. The third-order valence-corrected chi connectivity index (χ3v) is 15.5. The van der Waals surface area contributed by atoms with E-state index >= 15 is 0 Å². The summed E-state index contributed by atoms with van der Waals surface area (Å²) in [5, 5.41) is 0. The highest BCUT2D eigenvalue weighted by atomic mass is 16.6. The summed E-state index contributed by atoms with van der Waals surface area (Å²) in [5.74, 6) is -0.859. The molecule has 0 rings (SSSR count). The van der Waals surface area contributed by atoms with Crippen LogP contribution in [0.5, 0.6) is 0 Å². The summed E-state index contributed by atoms with van der Waals surface area (Å²) in [6.45, 7) is 6.68. The second-order valence-corrected chi connectivity index (χ2v) is 23.4. The van der Waals surface area contributed by atoms with Crippen molar-refractivity contribution in [2.75, 3.05) is 13.2 Å². The first-order chi connectivity index (χ1) is 38.5. The first kappa shape index (κ1) is 75.4. The molecule has 0 amide bonds. The average molecular weight is 1090 g/mol. The quantitative estimate of drug-likeness (QED) is 0.0261. The highest BCUT2D eigenvalue weighted by Crippen LogP contribution is 2.17. The van der Waals surface area contributed by atoms with Crippen molar-refractivity contribution in [3.63, 3.8) is 0 Å². The fourth-order valence-electron chi connectivity index (χ4n) is 10.3. The predicted molar refractivity (Wildman–Crippen MR) is 339 cm³/mol. The second-order valence-electron chi connectivity index (χ2n) is 23.4. The lowest BCUT2D eigenvalue weighted by Gasteiger charge is -2.18. The van der Waals surface area contributed by atoms with E-state index in [1.807, 2.05) is 0 Å². The molecule has 0 spiro atoms. The molecule has 6 nitrogen and oxygen atoms in total. The van der Waals surface area contributed by atoms with Crippen LogP contribution in [0.2, 0.25) is 0 Å². The van der Waals surface area contributed by atoms with Gasteiger partial charge in [0, 0.05) is 19.3 Å². The minimum atomic E-state index is -0.778. The molecule has 0 aliphatic carbocycles. The first-order valence-electron chi connectivity index (χ1n) is 34.6. The zero-order valence-corrected chi connectivity index (χ0v) is 52.5. The van der Waals surface area contributed by atoms with Gasteiger partial charge in [-0.3, -0.25) is 14.4 Å². The number of esters is 3. The Bertz CT molecular complexity index is 1350. The van der Waals surface area contributed by atoms with Crippen molar-refractivity contribution < 1.29 is 28.6 Å². The number of hydrogen-bond donors (Lipinski definition) is 0. The fourth-order valence-corrected chi connectivity index (χ4v) is 10.3. The Morgan fingerprint density at radius 1 is 0.256 bits per heavy atom. The number of rotatable bonds is 64. The topological polar surface area (TPSA) is 78.9 Å². The van der Waals surface area contributed by atoms with Crippen molar-refractivity contribution >= 4 is 17.9 Å². The first-order valence-corrected chi connectivity index (χ1v) is 34.6. The molecule has 6 heteroatoms. The Morgan fingerprint density at radius 2 is 0.462 bits per heavy atom. The van der Waals surface area contributed by atoms with Crippen LogP contribution in [0.1, 0.15) is 374 Å². The Hall–Kier alpha value is -2.63. The fraction of sp³-hybridized carbons (Fsp3) is 0.847. The summed E-state index contributed by atoms with van der Waals surface area (Å²) in [7, 11) is 0. The molecule has 456 valence electrons. The van der Waals surface area contributed by atoms with Crippen molar-refractivity contribution in [1.29, 1.82) is 0 Å². The van der Waals surface area contributed by atoms with E-state index in [-0.39, 0.29) is 31.1 Å². The summed E-state index contributed by atoms with van der Waals surface area (Å²) in [6, 6.07) is 0. The van der Waals surface area contributed by atoms with Crippen molar-refractivity contribution in [3.05, 3.63) is 48.6 Å². The van der Waals surface area contributed by atoms with Crippen LogP contribution in [0, 0.1) is 0 Å². The third-order valence-electron chi connectivity index (χ3n) is 15.5. The van der Waals surface area contributed by atoms with Crippen molar-refractivity contribution in [2.24, 2.45) is 0 Å². The molecule has 0 heterocycles. The van der Waals surface area contributed by atoms with E-state index in [9.17, 15) is 14.4 Å². The lowest BCUT2D eigenvalue weighted by atomic mass is 10.0. The molecule has 0 aliphatic rings. The standard InChI is InChI=1S/C72H132O6/c1-4-7-10-13-16-19-22-25-28-31-33-34-35-36-37-38-39-42-44-47-50-53-56-59-62-65-71(74)77-68-69(67-76-70(73)64-61-58-55-52-49-46-43-40-30-27-24-21-18-15-12-9-6-3)78-72(75)66-63-60-57-54-51-48-45-41-32-29-26-23-20-17-14-11-8-5-2/h22,25,27,29-33,69H,4-21,23-24,26,28,34-68H2,1-3H3/b25-22-,30-27-,32-29-,33-31-. The molecule has 0 saturated heterocycles. The van der Waals surface area contributed by atoms with Crippen LogP contribution < -0.4 is 0 Å². The van der Waals surface area contributed by atoms with Gasteiger partial charge in [-0.05, 0) is 103 Å². The van der Waals surface area contributed by atoms with Gasteiger partial charge in [-0.25, -0.2) is 0 Å². The maximum Gasteiger partial charge on any atom is 0.306 e. The summed E-state index contributed by atoms with van der Waals surface area (Å²) < 4.78 is 17.0. The van der Waals surface area contributed by atoms with Gasteiger partial charge in [0.05, 0.1) is 0 Å². The Kier molecular flexibility index (Phi) is 64.6. The van der Waals surface area contributed by atoms with Gasteiger partial charge in [0.15, 0.2) is 6.10 Å². The van der Waals surface area contributed by atoms with Gasteiger partial charge >= 0.3 is 17.9 Å². The molecular weight excluding hydrogens is 961 g/mol. The molecule has 0 saturated carbocycles. The van der Waals surface area contributed by atoms with Gasteiger partial charge in [-0.15, -0.1) is 0 Å². The predicted octanol–water partition coefficient (Wildman–Crippen LogP) is 23.7. The van der Waals surface area contributed by atoms with E-state index in [2.05, 4.69) is 69.4 Å². The number of unbranched alkanes of at least 4 members (excludes halogenated alkanes) is 45. The smallest absolute Gasteiger partial charge is 0.306 e. The van der Waals surface area contributed by atoms with Crippen LogP contribution in [0.3, 0.4) is 0 Å². The molecular formula is C72H132O6. The van der Waals surface area contributed by atoms with Crippen molar-refractivity contribution in [2.45, 2.75) is 380 Å². The Morgan fingerprint density at radius 3 is 0.718 bits per heavy atom. The van der Waals surface area contributed by atoms with Gasteiger partial charge in [-0.2, -0.15) is 0 Å². The molecule has 0 bridgehead atoms. The largest absolute Gasteiger partial charge is 0.462 e. The van der Waals surface area contributed by atoms with E-state index in [1.165, 1.54) is 270 Å².